The molecule has 0 aromatic rings. The number of carbonyl (C=O) groups is 1. The monoisotopic (exact) mass is 210 g/mol. The first-order valence-corrected chi connectivity index (χ1v) is 4.40. The Morgan fingerprint density at radius 3 is 3.00 bits per heavy atom. The van der Waals surface area contributed by atoms with Gasteiger partial charge in [0.2, 0.25) is 0 Å². The van der Waals surface area contributed by atoms with Crippen molar-refractivity contribution in [3.63, 3.8) is 0 Å². The summed E-state index contributed by atoms with van der Waals surface area (Å²) in [6.07, 6.45) is 0.200. The second-order valence-electron chi connectivity index (χ2n) is 2.11. The van der Waals surface area contributed by atoms with E-state index in [1.807, 2.05) is 0 Å². The summed E-state index contributed by atoms with van der Waals surface area (Å²) >= 11 is 1.47. The van der Waals surface area contributed by atoms with Gasteiger partial charge in [-0.2, -0.15) is 0 Å². The van der Waals surface area contributed by atoms with E-state index in [1.165, 1.54) is 11.8 Å². The summed E-state index contributed by atoms with van der Waals surface area (Å²) in [5.74, 6) is -0.155. The molecule has 0 aromatic carbocycles. The minimum absolute atomic E-state index is 0. The predicted molar refractivity (Wildman–Crippen MR) is 52.3 cm³/mol. The van der Waals surface area contributed by atoms with Crippen molar-refractivity contribution in [2.45, 2.75) is 6.42 Å². The average molecular weight is 211 g/mol. The quantitative estimate of drug-likeness (QED) is 0.715. The minimum Gasteiger partial charge on any atom is -0.481 e. The van der Waals surface area contributed by atoms with Crippen molar-refractivity contribution in [3.8, 4) is 0 Å². The van der Waals surface area contributed by atoms with E-state index in [1.54, 1.807) is 0 Å². The van der Waals surface area contributed by atoms with Crippen LogP contribution >= 0.6 is 24.2 Å². The highest BCUT2D eigenvalue weighted by Crippen LogP contribution is 2.06. The van der Waals surface area contributed by atoms with Crippen molar-refractivity contribution < 1.29 is 9.90 Å². The Kier molecular flexibility index (Phi) is 5.92. The lowest BCUT2D eigenvalue weighted by atomic mass is 10.5. The van der Waals surface area contributed by atoms with Crippen LogP contribution in [0.5, 0.6) is 0 Å². The van der Waals surface area contributed by atoms with Crippen LogP contribution in [0.4, 0.5) is 0 Å². The molecular formula is C6H11ClN2O2S. The summed E-state index contributed by atoms with van der Waals surface area (Å²) in [5.41, 5.74) is 0. The highest BCUT2D eigenvalue weighted by Gasteiger charge is 2.05. The molecule has 0 fully saturated rings. The van der Waals surface area contributed by atoms with Crippen LogP contribution in [0.3, 0.4) is 0 Å². The molecule has 0 saturated heterocycles. The number of nitrogens with one attached hydrogen (secondary N) is 1. The number of hydrogen-bond donors (Lipinski definition) is 2. The number of aliphatic imine (C=N–C) groups is 1. The SMILES string of the molecule is Cl.O=C(O)CCSC1=NCCN1. The molecule has 1 rings (SSSR count). The van der Waals surface area contributed by atoms with Gasteiger partial charge in [-0.1, -0.05) is 11.8 Å². The van der Waals surface area contributed by atoms with Gasteiger partial charge < -0.3 is 10.4 Å². The van der Waals surface area contributed by atoms with E-state index < -0.39 is 5.97 Å². The van der Waals surface area contributed by atoms with Crippen LogP contribution in [0, 0.1) is 0 Å². The molecular weight excluding hydrogens is 200 g/mol. The number of halogens is 1. The van der Waals surface area contributed by atoms with Gasteiger partial charge in [-0.15, -0.1) is 12.4 Å². The number of thioether (sulfide) groups is 1. The van der Waals surface area contributed by atoms with Crippen molar-refractivity contribution in [1.29, 1.82) is 0 Å². The number of carboxylic acids is 1. The Morgan fingerprint density at radius 1 is 1.75 bits per heavy atom. The van der Waals surface area contributed by atoms with Gasteiger partial charge >= 0.3 is 5.97 Å². The Balaban J connectivity index is 0.00000121. The van der Waals surface area contributed by atoms with E-state index in [0.29, 0.717) is 5.75 Å². The molecule has 0 bridgehead atoms. The minimum atomic E-state index is -0.754. The van der Waals surface area contributed by atoms with E-state index in [4.69, 9.17) is 5.11 Å². The molecule has 12 heavy (non-hydrogen) atoms. The molecule has 6 heteroatoms. The Morgan fingerprint density at radius 2 is 2.50 bits per heavy atom. The molecule has 0 spiro atoms. The third-order valence-corrected chi connectivity index (χ3v) is 2.15. The zero-order chi connectivity index (χ0) is 8.10. The summed E-state index contributed by atoms with van der Waals surface area (Å²) in [6, 6.07) is 0. The third-order valence-electron chi connectivity index (χ3n) is 1.20. The Hall–Kier alpha value is -0.420. The van der Waals surface area contributed by atoms with Crippen molar-refractivity contribution in [3.05, 3.63) is 0 Å². The van der Waals surface area contributed by atoms with E-state index in [-0.39, 0.29) is 18.8 Å². The molecule has 0 amide bonds. The first-order chi connectivity index (χ1) is 5.29. The summed E-state index contributed by atoms with van der Waals surface area (Å²) < 4.78 is 0. The van der Waals surface area contributed by atoms with E-state index in [9.17, 15) is 4.79 Å². The van der Waals surface area contributed by atoms with Gasteiger partial charge in [0.05, 0.1) is 13.0 Å². The average Bonchev–Trinajstić information content (AvgIpc) is 2.39. The van der Waals surface area contributed by atoms with E-state index in [2.05, 4.69) is 10.3 Å². The van der Waals surface area contributed by atoms with Crippen LogP contribution in [0.25, 0.3) is 0 Å². The molecule has 4 nitrogen and oxygen atoms in total. The first kappa shape index (κ1) is 11.6. The normalized spacial score (nSPS) is 14.5. The van der Waals surface area contributed by atoms with Crippen LogP contribution in [-0.2, 0) is 4.79 Å². The van der Waals surface area contributed by atoms with Gasteiger partial charge in [0, 0.05) is 12.3 Å². The molecule has 0 atom stereocenters. The van der Waals surface area contributed by atoms with Crippen LogP contribution in [-0.4, -0.2) is 35.1 Å². The van der Waals surface area contributed by atoms with Crippen LogP contribution in [0.15, 0.2) is 4.99 Å². The smallest absolute Gasteiger partial charge is 0.304 e. The topological polar surface area (TPSA) is 61.7 Å². The highest BCUT2D eigenvalue weighted by atomic mass is 35.5. The summed E-state index contributed by atoms with van der Waals surface area (Å²) in [5, 5.41) is 12.2. The number of amidine groups is 1. The second-order valence-corrected chi connectivity index (χ2v) is 3.19. The number of rotatable bonds is 3. The van der Waals surface area contributed by atoms with Gasteiger partial charge in [-0.25, -0.2) is 0 Å². The molecule has 2 N–H and O–H groups in total. The lowest BCUT2D eigenvalue weighted by molar-refractivity contribution is -0.136. The van der Waals surface area contributed by atoms with Crippen molar-refractivity contribution in [1.82, 2.24) is 5.32 Å². The molecule has 0 radical (unpaired) electrons. The molecule has 1 aliphatic rings. The number of nitrogens with zero attached hydrogens (tertiary/aromatic N) is 1. The van der Waals surface area contributed by atoms with Gasteiger partial charge in [0.15, 0.2) is 5.17 Å². The molecule has 1 heterocycles. The fourth-order valence-electron chi connectivity index (χ4n) is 0.708. The van der Waals surface area contributed by atoms with Crippen LogP contribution < -0.4 is 5.32 Å². The summed E-state index contributed by atoms with van der Waals surface area (Å²) in [4.78, 5) is 14.2. The van der Waals surface area contributed by atoms with Crippen molar-refractivity contribution in [2.24, 2.45) is 4.99 Å². The molecule has 0 unspecified atom stereocenters. The Labute approximate surface area is 81.2 Å². The van der Waals surface area contributed by atoms with E-state index >= 15 is 0 Å². The fourth-order valence-corrected chi connectivity index (χ4v) is 1.56. The summed E-state index contributed by atoms with van der Waals surface area (Å²) in [7, 11) is 0. The number of aliphatic carboxylic acids is 1. The maximum absolute atomic E-state index is 10.1. The maximum atomic E-state index is 10.1. The number of hydrogen-bond acceptors (Lipinski definition) is 4. The van der Waals surface area contributed by atoms with Crippen molar-refractivity contribution in [2.75, 3.05) is 18.8 Å². The fraction of sp³-hybridized carbons (Fsp3) is 0.667. The predicted octanol–water partition coefficient (Wildman–Crippen LogP) is 0.575. The summed E-state index contributed by atoms with van der Waals surface area (Å²) in [6.45, 7) is 1.70. The van der Waals surface area contributed by atoms with Crippen LogP contribution in [0.1, 0.15) is 6.42 Å². The zero-order valence-corrected chi connectivity index (χ0v) is 8.08. The first-order valence-electron chi connectivity index (χ1n) is 3.42. The molecule has 0 saturated carbocycles. The third kappa shape index (κ3) is 4.46. The largest absolute Gasteiger partial charge is 0.481 e. The molecule has 1 aliphatic heterocycles. The molecule has 70 valence electrons. The van der Waals surface area contributed by atoms with Gasteiger partial charge in [-0.3, -0.25) is 9.79 Å². The number of carboxylic acid groups (broad SMARTS) is 1. The van der Waals surface area contributed by atoms with Crippen LogP contribution in [0.2, 0.25) is 0 Å². The second kappa shape index (κ2) is 6.14. The lowest BCUT2D eigenvalue weighted by Crippen LogP contribution is -2.15. The van der Waals surface area contributed by atoms with Crippen molar-refractivity contribution >= 4 is 35.3 Å². The molecule has 0 aromatic heterocycles. The zero-order valence-electron chi connectivity index (χ0n) is 6.45. The van der Waals surface area contributed by atoms with Gasteiger partial charge in [-0.05, 0) is 0 Å². The van der Waals surface area contributed by atoms with Gasteiger partial charge in [0.25, 0.3) is 0 Å². The maximum Gasteiger partial charge on any atom is 0.304 e. The van der Waals surface area contributed by atoms with Gasteiger partial charge in [0.1, 0.15) is 0 Å². The lowest BCUT2D eigenvalue weighted by Gasteiger charge is -1.98. The Bertz CT molecular complexity index is 186. The highest BCUT2D eigenvalue weighted by molar-refractivity contribution is 8.13. The van der Waals surface area contributed by atoms with E-state index in [0.717, 1.165) is 18.3 Å². The standard InChI is InChI=1S/C6H10N2O2S.ClH/c9-5(10)1-4-11-6-7-2-3-8-6;/h1-4H2,(H,7,8)(H,9,10);1H. The molecule has 0 aliphatic carbocycles.